The number of hydrogen-bond acceptors (Lipinski definition) is 15. The van der Waals surface area contributed by atoms with E-state index in [0.717, 1.165) is 114 Å². The average Bonchev–Trinajstić information content (AvgIpc) is 0.921. The molecule has 3 unspecified atom stereocenters. The first kappa shape index (κ1) is 103. The maximum Gasteiger partial charge on any atom is 0.472 e. The Morgan fingerprint density at radius 3 is 0.676 bits per heavy atom. The second kappa shape index (κ2) is 74.8. The summed E-state index contributed by atoms with van der Waals surface area (Å²) in [4.78, 5) is 73.1. The van der Waals surface area contributed by atoms with Crippen molar-refractivity contribution in [3.8, 4) is 0 Å². The van der Waals surface area contributed by atoms with Crippen LogP contribution in [0.25, 0.3) is 0 Å². The highest BCUT2D eigenvalue weighted by molar-refractivity contribution is 7.47. The van der Waals surface area contributed by atoms with E-state index in [2.05, 4.69) is 55.4 Å². The molecule has 0 aromatic rings. The van der Waals surface area contributed by atoms with Gasteiger partial charge in [0.05, 0.1) is 26.4 Å². The van der Waals surface area contributed by atoms with Gasteiger partial charge in [-0.15, -0.1) is 0 Å². The van der Waals surface area contributed by atoms with Crippen molar-refractivity contribution < 1.29 is 80.2 Å². The monoisotopic (exact) mass is 1540 g/mol. The minimum Gasteiger partial charge on any atom is -0.462 e. The fraction of sp³-hybridized carbons (Fsp3) is 0.953. The van der Waals surface area contributed by atoms with E-state index in [0.29, 0.717) is 31.6 Å². The van der Waals surface area contributed by atoms with Crippen LogP contribution >= 0.6 is 15.6 Å². The van der Waals surface area contributed by atoms with E-state index in [-0.39, 0.29) is 25.7 Å². The molecule has 105 heavy (non-hydrogen) atoms. The first-order valence-electron chi connectivity index (χ1n) is 44.2. The molecule has 0 radical (unpaired) electrons. The molecule has 19 heteroatoms. The maximum absolute atomic E-state index is 13.1. The van der Waals surface area contributed by atoms with Crippen molar-refractivity contribution in [2.24, 2.45) is 23.7 Å². The van der Waals surface area contributed by atoms with Gasteiger partial charge in [-0.05, 0) is 49.4 Å². The van der Waals surface area contributed by atoms with Crippen molar-refractivity contribution in [2.45, 2.75) is 465 Å². The van der Waals surface area contributed by atoms with E-state index in [1.54, 1.807) is 0 Å². The molecule has 0 aromatic heterocycles. The molecule has 0 amide bonds. The number of aliphatic hydroxyl groups is 1. The van der Waals surface area contributed by atoms with Gasteiger partial charge in [0.1, 0.15) is 19.3 Å². The molecule has 3 N–H and O–H groups in total. The summed E-state index contributed by atoms with van der Waals surface area (Å²) in [7, 11) is -9.93. The van der Waals surface area contributed by atoms with Crippen LogP contribution in [0.2, 0.25) is 0 Å². The number of ether oxygens (including phenoxy) is 4. The van der Waals surface area contributed by atoms with Crippen molar-refractivity contribution in [2.75, 3.05) is 39.6 Å². The molecule has 0 saturated carbocycles. The van der Waals surface area contributed by atoms with Gasteiger partial charge in [0.15, 0.2) is 12.2 Å². The molecule has 0 aliphatic rings. The van der Waals surface area contributed by atoms with Gasteiger partial charge >= 0.3 is 39.5 Å². The standard InChI is InChI=1S/C86H168O17P2/c1-9-79(8)65-57-49-40-34-28-21-17-12-10-11-13-19-23-30-36-42-52-60-68-86(91)103-82(73-97-84(89)67-59-51-45-44-48-56-64-78(6)7)75-101-105(94,95)99-71-80(87)70-98-104(92,93)100-74-81(102-85(90)69-61-53-43-37-31-25-24-27-33-39-47-55-63-77(4)5)72-96-83(88)66-58-50-41-35-29-22-18-15-14-16-20-26-32-38-46-54-62-76(2)3/h76-82,87H,9-75H2,1-8H3,(H,92,93)(H,94,95)/t79?,80-,81-,82-/m1/s1. The Bertz CT molecular complexity index is 2040. The molecule has 17 nitrogen and oxygen atoms in total. The summed E-state index contributed by atoms with van der Waals surface area (Å²) in [6.45, 7) is 14.3. The van der Waals surface area contributed by atoms with E-state index < -0.39 is 97.5 Å². The third kappa shape index (κ3) is 78.5. The molecular weight excluding hydrogens is 1370 g/mol. The molecule has 0 spiro atoms. The molecule has 0 fully saturated rings. The lowest BCUT2D eigenvalue weighted by molar-refractivity contribution is -0.161. The van der Waals surface area contributed by atoms with Gasteiger partial charge in [0.25, 0.3) is 0 Å². The van der Waals surface area contributed by atoms with E-state index in [1.165, 1.54) is 244 Å². The Labute approximate surface area is 645 Å². The van der Waals surface area contributed by atoms with Crippen LogP contribution in [0, 0.1) is 23.7 Å². The van der Waals surface area contributed by atoms with Gasteiger partial charge in [-0.1, -0.05) is 396 Å². The second-order valence-electron chi connectivity index (χ2n) is 32.6. The zero-order valence-corrected chi connectivity index (χ0v) is 71.2. The van der Waals surface area contributed by atoms with Crippen LogP contribution in [0.4, 0.5) is 0 Å². The fourth-order valence-corrected chi connectivity index (χ4v) is 14.9. The van der Waals surface area contributed by atoms with Gasteiger partial charge < -0.3 is 33.8 Å². The number of unbranched alkanes of at least 4 members (excludes halogenated alkanes) is 48. The SMILES string of the molecule is CCC(C)CCCCCCCCCCCCCCCCCCCCC(=O)O[C@H](COC(=O)CCCCCCCCC(C)C)COP(=O)(O)OC[C@H](O)COP(=O)(O)OC[C@@H](COC(=O)CCCCCCCCCCCCCCCCCCC(C)C)OC(=O)CCCCCCCCCCCCCCC(C)C. The summed E-state index contributed by atoms with van der Waals surface area (Å²) in [5.74, 6) is 1.03. The Kier molecular flexibility index (Phi) is 73.4. The first-order chi connectivity index (χ1) is 50.6. The highest BCUT2D eigenvalue weighted by Crippen LogP contribution is 2.45. The lowest BCUT2D eigenvalue weighted by atomic mass is 9.99. The predicted octanol–water partition coefficient (Wildman–Crippen LogP) is 25.9. The highest BCUT2D eigenvalue weighted by atomic mass is 31.2. The van der Waals surface area contributed by atoms with Gasteiger partial charge in [0.2, 0.25) is 0 Å². The topological polar surface area (TPSA) is 237 Å². The minimum atomic E-state index is -4.96. The lowest BCUT2D eigenvalue weighted by Crippen LogP contribution is -2.30. The summed E-state index contributed by atoms with van der Waals surface area (Å²) in [6, 6.07) is 0. The van der Waals surface area contributed by atoms with Gasteiger partial charge in [-0.3, -0.25) is 37.3 Å². The molecule has 0 bridgehead atoms. The molecule has 0 saturated heterocycles. The summed E-state index contributed by atoms with van der Waals surface area (Å²) < 4.78 is 68.8. The van der Waals surface area contributed by atoms with E-state index in [1.807, 2.05) is 0 Å². The quantitative estimate of drug-likeness (QED) is 0.0222. The van der Waals surface area contributed by atoms with Crippen LogP contribution in [0.15, 0.2) is 0 Å². The number of aliphatic hydroxyl groups excluding tert-OH is 1. The number of phosphoric ester groups is 2. The normalized spacial score (nSPS) is 14.2. The van der Waals surface area contributed by atoms with Crippen LogP contribution < -0.4 is 0 Å². The summed E-state index contributed by atoms with van der Waals surface area (Å²) in [5, 5.41) is 10.7. The van der Waals surface area contributed by atoms with Crippen molar-refractivity contribution in [1.82, 2.24) is 0 Å². The molecule has 0 heterocycles. The number of esters is 4. The summed E-state index contributed by atoms with van der Waals surface area (Å²) >= 11 is 0. The van der Waals surface area contributed by atoms with Crippen molar-refractivity contribution >= 4 is 39.5 Å². The van der Waals surface area contributed by atoms with Gasteiger partial charge in [0, 0.05) is 25.7 Å². The Morgan fingerprint density at radius 1 is 0.267 bits per heavy atom. The van der Waals surface area contributed by atoms with Gasteiger partial charge in [-0.2, -0.15) is 0 Å². The van der Waals surface area contributed by atoms with Crippen molar-refractivity contribution in [3.63, 3.8) is 0 Å². The van der Waals surface area contributed by atoms with Crippen molar-refractivity contribution in [1.29, 1.82) is 0 Å². The highest BCUT2D eigenvalue weighted by Gasteiger charge is 2.31. The zero-order chi connectivity index (χ0) is 77.4. The first-order valence-corrected chi connectivity index (χ1v) is 47.2. The number of hydrogen-bond donors (Lipinski definition) is 3. The van der Waals surface area contributed by atoms with Crippen LogP contribution in [0.5, 0.6) is 0 Å². The zero-order valence-electron chi connectivity index (χ0n) is 69.4. The molecule has 0 aliphatic carbocycles. The van der Waals surface area contributed by atoms with E-state index in [4.69, 9.17) is 37.0 Å². The van der Waals surface area contributed by atoms with Crippen LogP contribution in [-0.4, -0.2) is 96.7 Å². The molecule has 0 aliphatic heterocycles. The summed E-state index contributed by atoms with van der Waals surface area (Å²) in [6.07, 6.45) is 64.1. The number of carbonyl (C=O) groups is 4. The van der Waals surface area contributed by atoms with Crippen LogP contribution in [-0.2, 0) is 65.4 Å². The fourth-order valence-electron chi connectivity index (χ4n) is 13.3. The predicted molar refractivity (Wildman–Crippen MR) is 432 cm³/mol. The minimum absolute atomic E-state index is 0.107. The smallest absolute Gasteiger partial charge is 0.462 e. The van der Waals surface area contributed by atoms with Gasteiger partial charge in [-0.25, -0.2) is 9.13 Å². The third-order valence-electron chi connectivity index (χ3n) is 20.4. The largest absolute Gasteiger partial charge is 0.472 e. The Balaban J connectivity index is 5.17. The Morgan fingerprint density at radius 2 is 0.457 bits per heavy atom. The average molecular weight is 1540 g/mol. The second-order valence-corrected chi connectivity index (χ2v) is 35.5. The number of rotatable bonds is 83. The summed E-state index contributed by atoms with van der Waals surface area (Å²) in [5.41, 5.74) is 0. The third-order valence-corrected chi connectivity index (χ3v) is 22.3. The maximum atomic E-state index is 13.1. The molecule has 0 rings (SSSR count). The lowest BCUT2D eigenvalue weighted by Gasteiger charge is -2.21. The molecular formula is C86H168O17P2. The molecule has 6 atom stereocenters. The number of phosphoric acid groups is 2. The van der Waals surface area contributed by atoms with Crippen LogP contribution in [0.3, 0.4) is 0 Å². The molecule has 0 aromatic carbocycles. The molecule has 624 valence electrons. The van der Waals surface area contributed by atoms with E-state index in [9.17, 15) is 43.2 Å². The van der Waals surface area contributed by atoms with Crippen LogP contribution in [0.1, 0.15) is 447 Å². The van der Waals surface area contributed by atoms with Crippen molar-refractivity contribution in [3.05, 3.63) is 0 Å². The Hall–Kier alpha value is -1.94. The van der Waals surface area contributed by atoms with E-state index >= 15 is 0 Å². The number of carbonyl (C=O) groups excluding carboxylic acids is 4.